The van der Waals surface area contributed by atoms with E-state index < -0.39 is 6.36 Å². The first-order valence-corrected chi connectivity index (χ1v) is 6.08. The summed E-state index contributed by atoms with van der Waals surface area (Å²) in [5, 5.41) is 12.1. The number of nitrogens with zero attached hydrogens (tertiary/aromatic N) is 1. The van der Waals surface area contributed by atoms with Crippen LogP contribution < -0.4 is 10.1 Å². The highest BCUT2D eigenvalue weighted by atomic mass is 35.5. The van der Waals surface area contributed by atoms with Crippen LogP contribution in [0.3, 0.4) is 0 Å². The molecule has 0 radical (unpaired) electrons. The maximum Gasteiger partial charge on any atom is 0.573 e. The first-order chi connectivity index (χ1) is 9.89. The minimum atomic E-state index is -4.76. The van der Waals surface area contributed by atoms with Crippen molar-refractivity contribution in [2.24, 2.45) is 0 Å². The molecule has 0 spiro atoms. The van der Waals surface area contributed by atoms with Crippen molar-refractivity contribution in [2.75, 3.05) is 5.32 Å². The summed E-state index contributed by atoms with van der Waals surface area (Å²) in [6.07, 6.45) is -4.76. The van der Waals surface area contributed by atoms with Crippen LogP contribution in [-0.4, -0.2) is 6.36 Å². The largest absolute Gasteiger partial charge is 0.573 e. The van der Waals surface area contributed by atoms with Crippen LogP contribution in [0.1, 0.15) is 5.56 Å². The van der Waals surface area contributed by atoms with Crippen molar-refractivity contribution >= 4 is 23.0 Å². The van der Waals surface area contributed by atoms with Gasteiger partial charge in [0.15, 0.2) is 0 Å². The van der Waals surface area contributed by atoms with Crippen LogP contribution in [0.5, 0.6) is 5.75 Å². The Bertz CT molecular complexity index is 695. The van der Waals surface area contributed by atoms with Gasteiger partial charge in [0, 0.05) is 11.8 Å². The van der Waals surface area contributed by atoms with E-state index in [2.05, 4.69) is 10.1 Å². The minimum absolute atomic E-state index is 0.210. The Labute approximate surface area is 123 Å². The molecule has 0 atom stereocenters. The molecule has 0 aromatic heterocycles. The van der Waals surface area contributed by atoms with Crippen molar-refractivity contribution < 1.29 is 17.9 Å². The van der Waals surface area contributed by atoms with Gasteiger partial charge in [-0.05, 0) is 24.3 Å². The Hall–Kier alpha value is -2.39. The molecule has 2 aromatic carbocycles. The van der Waals surface area contributed by atoms with Gasteiger partial charge < -0.3 is 10.1 Å². The summed E-state index contributed by atoms with van der Waals surface area (Å²) in [7, 11) is 0. The van der Waals surface area contributed by atoms with E-state index in [1.165, 1.54) is 18.2 Å². The van der Waals surface area contributed by atoms with E-state index in [0.717, 1.165) is 0 Å². The van der Waals surface area contributed by atoms with E-state index in [-0.39, 0.29) is 16.3 Å². The number of hydrogen-bond donors (Lipinski definition) is 1. The molecule has 21 heavy (non-hydrogen) atoms. The maximum absolute atomic E-state index is 12.2. The van der Waals surface area contributed by atoms with Crippen molar-refractivity contribution in [1.29, 1.82) is 5.26 Å². The molecule has 2 aromatic rings. The monoisotopic (exact) mass is 312 g/mol. The van der Waals surface area contributed by atoms with E-state index in [1.54, 1.807) is 24.3 Å². The Morgan fingerprint density at radius 2 is 1.86 bits per heavy atom. The standard InChI is InChI=1S/C14H8ClF3N2O/c15-12-5-2-6-13(11(12)8-19)20-9-3-1-4-10(7-9)21-14(16,17)18/h1-7,20H. The van der Waals surface area contributed by atoms with Gasteiger partial charge in [0.2, 0.25) is 0 Å². The van der Waals surface area contributed by atoms with Crippen LogP contribution in [0.2, 0.25) is 5.02 Å². The van der Waals surface area contributed by atoms with Crippen molar-refractivity contribution in [3.05, 3.63) is 53.1 Å². The lowest BCUT2D eigenvalue weighted by Crippen LogP contribution is -2.17. The van der Waals surface area contributed by atoms with Gasteiger partial charge in [-0.3, -0.25) is 0 Å². The van der Waals surface area contributed by atoms with E-state index >= 15 is 0 Å². The molecule has 0 aliphatic rings. The molecule has 7 heteroatoms. The molecule has 0 saturated heterocycles. The third-order valence-corrected chi connectivity index (χ3v) is 2.79. The predicted octanol–water partition coefficient (Wildman–Crippen LogP) is 4.85. The summed E-state index contributed by atoms with van der Waals surface area (Å²) in [5.74, 6) is -0.354. The highest BCUT2D eigenvalue weighted by Crippen LogP contribution is 2.29. The van der Waals surface area contributed by atoms with Gasteiger partial charge in [-0.25, -0.2) is 0 Å². The summed E-state index contributed by atoms with van der Waals surface area (Å²) in [5.41, 5.74) is 0.950. The van der Waals surface area contributed by atoms with Crippen molar-refractivity contribution in [1.82, 2.24) is 0 Å². The summed E-state index contributed by atoms with van der Waals surface area (Å²) in [6.45, 7) is 0. The Morgan fingerprint density at radius 1 is 1.14 bits per heavy atom. The molecular weight excluding hydrogens is 305 g/mol. The summed E-state index contributed by atoms with van der Waals surface area (Å²) in [6, 6.07) is 12.0. The second-order valence-electron chi connectivity index (χ2n) is 3.97. The molecule has 0 aliphatic carbocycles. The molecule has 108 valence electrons. The minimum Gasteiger partial charge on any atom is -0.406 e. The molecule has 0 amide bonds. The normalized spacial score (nSPS) is 10.8. The first kappa shape index (κ1) is 15.0. The van der Waals surface area contributed by atoms with E-state index in [9.17, 15) is 13.2 Å². The maximum atomic E-state index is 12.2. The Balaban J connectivity index is 2.27. The van der Waals surface area contributed by atoms with Gasteiger partial charge in [0.05, 0.1) is 16.3 Å². The second kappa shape index (κ2) is 5.94. The number of nitriles is 1. The molecule has 1 N–H and O–H groups in total. The highest BCUT2D eigenvalue weighted by molar-refractivity contribution is 6.32. The molecule has 0 fully saturated rings. The fourth-order valence-corrected chi connectivity index (χ4v) is 1.89. The first-order valence-electron chi connectivity index (χ1n) is 5.70. The van der Waals surface area contributed by atoms with Gasteiger partial charge in [-0.2, -0.15) is 5.26 Å². The average molecular weight is 313 g/mol. The molecular formula is C14H8ClF3N2O. The smallest absolute Gasteiger partial charge is 0.406 e. The number of halogens is 4. The number of benzene rings is 2. The average Bonchev–Trinajstić information content (AvgIpc) is 2.37. The summed E-state index contributed by atoms with van der Waals surface area (Å²) in [4.78, 5) is 0. The molecule has 0 unspecified atom stereocenters. The molecule has 0 bridgehead atoms. The van der Waals surface area contributed by atoms with Gasteiger partial charge in [-0.15, -0.1) is 13.2 Å². The van der Waals surface area contributed by atoms with Crippen LogP contribution in [-0.2, 0) is 0 Å². The highest BCUT2D eigenvalue weighted by Gasteiger charge is 2.31. The molecule has 0 heterocycles. The summed E-state index contributed by atoms with van der Waals surface area (Å²) >= 11 is 5.88. The van der Waals surface area contributed by atoms with Crippen LogP contribution in [0.4, 0.5) is 24.5 Å². The topological polar surface area (TPSA) is 45.0 Å². The number of nitrogens with one attached hydrogen (secondary N) is 1. The van der Waals surface area contributed by atoms with Crippen LogP contribution >= 0.6 is 11.6 Å². The fourth-order valence-electron chi connectivity index (χ4n) is 1.67. The van der Waals surface area contributed by atoms with E-state index in [4.69, 9.17) is 16.9 Å². The number of rotatable bonds is 3. The van der Waals surface area contributed by atoms with E-state index in [0.29, 0.717) is 11.4 Å². The number of ether oxygens (including phenoxy) is 1. The van der Waals surface area contributed by atoms with Crippen molar-refractivity contribution in [3.8, 4) is 11.8 Å². The van der Waals surface area contributed by atoms with Crippen LogP contribution in [0.25, 0.3) is 0 Å². The van der Waals surface area contributed by atoms with Gasteiger partial charge in [0.1, 0.15) is 11.8 Å². The molecule has 0 aliphatic heterocycles. The van der Waals surface area contributed by atoms with Gasteiger partial charge in [-0.1, -0.05) is 23.7 Å². The fraction of sp³-hybridized carbons (Fsp3) is 0.0714. The van der Waals surface area contributed by atoms with Crippen LogP contribution in [0.15, 0.2) is 42.5 Å². The van der Waals surface area contributed by atoms with Gasteiger partial charge in [0.25, 0.3) is 0 Å². The van der Waals surface area contributed by atoms with Crippen molar-refractivity contribution in [3.63, 3.8) is 0 Å². The quantitative estimate of drug-likeness (QED) is 0.880. The Kier molecular flexibility index (Phi) is 4.24. The zero-order valence-electron chi connectivity index (χ0n) is 10.4. The molecule has 0 saturated carbocycles. The number of alkyl halides is 3. The van der Waals surface area contributed by atoms with E-state index in [1.807, 2.05) is 6.07 Å². The summed E-state index contributed by atoms with van der Waals surface area (Å²) < 4.78 is 40.3. The number of hydrogen-bond acceptors (Lipinski definition) is 3. The lowest BCUT2D eigenvalue weighted by Gasteiger charge is -2.12. The SMILES string of the molecule is N#Cc1c(Cl)cccc1Nc1cccc(OC(F)(F)F)c1. The Morgan fingerprint density at radius 3 is 2.52 bits per heavy atom. The third-order valence-electron chi connectivity index (χ3n) is 2.47. The molecule has 3 nitrogen and oxygen atoms in total. The van der Waals surface area contributed by atoms with Gasteiger partial charge >= 0.3 is 6.36 Å². The molecule has 2 rings (SSSR count). The lowest BCUT2D eigenvalue weighted by molar-refractivity contribution is -0.274. The zero-order valence-corrected chi connectivity index (χ0v) is 11.2. The number of anilines is 2. The lowest BCUT2D eigenvalue weighted by atomic mass is 10.2. The van der Waals surface area contributed by atoms with Crippen molar-refractivity contribution in [2.45, 2.75) is 6.36 Å². The zero-order chi connectivity index (χ0) is 15.5. The van der Waals surface area contributed by atoms with Crippen LogP contribution in [0, 0.1) is 11.3 Å². The second-order valence-corrected chi connectivity index (χ2v) is 4.38. The predicted molar refractivity (Wildman–Crippen MR) is 72.6 cm³/mol. The third kappa shape index (κ3) is 4.04.